The van der Waals surface area contributed by atoms with Gasteiger partial charge in [0.2, 0.25) is 5.91 Å². The standard InChI is InChI=1S/C23H27N3O2S3/c1-4-26-22(28)19-16-6-5-13(2)11-18(16)31-20(19)24-23(26)30-14(3)21(27)25-9-7-17-15(12-25)8-10-29-17/h8,10,13-14H,4-7,9,11-12H2,1-3H3. The van der Waals surface area contributed by atoms with Crippen molar-refractivity contribution in [2.45, 2.75) is 70.0 Å². The van der Waals surface area contributed by atoms with Gasteiger partial charge in [-0.3, -0.25) is 14.2 Å². The Balaban J connectivity index is 1.43. The number of carbonyl (C=O) groups excluding carboxylic acids is 1. The van der Waals surface area contributed by atoms with Crippen LogP contribution in [0.1, 0.15) is 48.1 Å². The fourth-order valence-corrected chi connectivity index (χ4v) is 8.05. The highest BCUT2D eigenvalue weighted by Crippen LogP contribution is 2.37. The van der Waals surface area contributed by atoms with Crippen molar-refractivity contribution in [3.05, 3.63) is 42.7 Å². The molecule has 1 aliphatic heterocycles. The third-order valence-corrected chi connectivity index (χ3v) is 9.69. The van der Waals surface area contributed by atoms with Crippen LogP contribution in [0.4, 0.5) is 0 Å². The van der Waals surface area contributed by atoms with Gasteiger partial charge in [-0.15, -0.1) is 22.7 Å². The van der Waals surface area contributed by atoms with Crippen LogP contribution in [0.2, 0.25) is 0 Å². The number of fused-ring (bicyclic) bond motifs is 4. The normalized spacial score (nSPS) is 19.3. The molecule has 3 aromatic heterocycles. The predicted octanol–water partition coefficient (Wildman–Crippen LogP) is 4.73. The van der Waals surface area contributed by atoms with E-state index < -0.39 is 0 Å². The molecule has 0 saturated heterocycles. The van der Waals surface area contributed by atoms with Crippen LogP contribution >= 0.6 is 34.4 Å². The first-order valence-corrected chi connectivity index (χ1v) is 13.6. The van der Waals surface area contributed by atoms with E-state index in [1.807, 2.05) is 18.7 Å². The number of aryl methyl sites for hydroxylation is 1. The number of nitrogens with zero attached hydrogens (tertiary/aromatic N) is 3. The molecule has 2 unspecified atom stereocenters. The maximum absolute atomic E-state index is 13.4. The van der Waals surface area contributed by atoms with E-state index in [0.717, 1.165) is 42.4 Å². The van der Waals surface area contributed by atoms with Crippen molar-refractivity contribution in [1.82, 2.24) is 14.5 Å². The summed E-state index contributed by atoms with van der Waals surface area (Å²) in [6.07, 6.45) is 4.07. The summed E-state index contributed by atoms with van der Waals surface area (Å²) in [5.41, 5.74) is 2.55. The van der Waals surface area contributed by atoms with Crippen LogP contribution in [0, 0.1) is 5.92 Å². The topological polar surface area (TPSA) is 55.2 Å². The maximum atomic E-state index is 13.4. The van der Waals surface area contributed by atoms with Crippen LogP contribution < -0.4 is 5.56 Å². The molecule has 2 aliphatic rings. The number of amides is 1. The quantitative estimate of drug-likeness (QED) is 0.406. The number of rotatable bonds is 4. The van der Waals surface area contributed by atoms with Crippen molar-refractivity contribution in [2.24, 2.45) is 5.92 Å². The van der Waals surface area contributed by atoms with Gasteiger partial charge in [0.15, 0.2) is 5.16 Å². The van der Waals surface area contributed by atoms with Crippen molar-refractivity contribution < 1.29 is 4.79 Å². The highest BCUT2D eigenvalue weighted by atomic mass is 32.2. The predicted molar refractivity (Wildman–Crippen MR) is 130 cm³/mol. The first kappa shape index (κ1) is 21.2. The number of thioether (sulfide) groups is 1. The number of thiophene rings is 2. The number of carbonyl (C=O) groups is 1. The average Bonchev–Trinajstić information content (AvgIpc) is 3.36. The Hall–Kier alpha value is -1.64. The van der Waals surface area contributed by atoms with Crippen LogP contribution in [0.25, 0.3) is 10.2 Å². The summed E-state index contributed by atoms with van der Waals surface area (Å²) in [5, 5.41) is 3.31. The summed E-state index contributed by atoms with van der Waals surface area (Å²) in [5.74, 6) is 0.784. The van der Waals surface area contributed by atoms with Crippen LogP contribution in [-0.2, 0) is 37.1 Å². The van der Waals surface area contributed by atoms with Crippen molar-refractivity contribution in [2.75, 3.05) is 6.54 Å². The zero-order chi connectivity index (χ0) is 21.7. The molecule has 4 heterocycles. The molecule has 164 valence electrons. The lowest BCUT2D eigenvalue weighted by molar-refractivity contribution is -0.131. The Morgan fingerprint density at radius 1 is 1.35 bits per heavy atom. The highest BCUT2D eigenvalue weighted by molar-refractivity contribution is 8.00. The Morgan fingerprint density at radius 2 is 2.19 bits per heavy atom. The molecule has 31 heavy (non-hydrogen) atoms. The molecule has 8 heteroatoms. The molecule has 5 nitrogen and oxygen atoms in total. The third kappa shape index (κ3) is 3.76. The Morgan fingerprint density at radius 3 is 3.00 bits per heavy atom. The van der Waals surface area contributed by atoms with E-state index in [4.69, 9.17) is 4.98 Å². The minimum atomic E-state index is -0.281. The first-order chi connectivity index (χ1) is 15.0. The highest BCUT2D eigenvalue weighted by Gasteiger charge is 2.29. The molecule has 1 amide bonds. The molecule has 0 bridgehead atoms. The maximum Gasteiger partial charge on any atom is 0.263 e. The van der Waals surface area contributed by atoms with E-state index in [9.17, 15) is 9.59 Å². The van der Waals surface area contributed by atoms with Crippen LogP contribution in [0.5, 0.6) is 0 Å². The lowest BCUT2D eigenvalue weighted by atomic mass is 9.89. The summed E-state index contributed by atoms with van der Waals surface area (Å²) >= 11 is 4.88. The molecule has 0 N–H and O–H groups in total. The van der Waals surface area contributed by atoms with E-state index in [0.29, 0.717) is 24.2 Å². The van der Waals surface area contributed by atoms with Crippen LogP contribution in [0.15, 0.2) is 21.4 Å². The lowest BCUT2D eigenvalue weighted by Gasteiger charge is -2.29. The molecule has 1 aliphatic carbocycles. The lowest BCUT2D eigenvalue weighted by Crippen LogP contribution is -2.40. The Kier molecular flexibility index (Phi) is 5.73. The average molecular weight is 474 g/mol. The molecule has 0 spiro atoms. The van der Waals surface area contributed by atoms with E-state index in [2.05, 4.69) is 18.4 Å². The fraction of sp³-hybridized carbons (Fsp3) is 0.522. The summed E-state index contributed by atoms with van der Waals surface area (Å²) in [7, 11) is 0. The van der Waals surface area contributed by atoms with Crippen molar-refractivity contribution >= 4 is 50.6 Å². The first-order valence-electron chi connectivity index (χ1n) is 11.0. The van der Waals surface area contributed by atoms with E-state index in [1.54, 1.807) is 27.2 Å². The smallest absolute Gasteiger partial charge is 0.263 e. The molecule has 2 atom stereocenters. The number of aromatic nitrogens is 2. The minimum Gasteiger partial charge on any atom is -0.337 e. The van der Waals surface area contributed by atoms with Crippen molar-refractivity contribution in [3.63, 3.8) is 0 Å². The van der Waals surface area contributed by atoms with Gasteiger partial charge in [0.1, 0.15) is 4.83 Å². The minimum absolute atomic E-state index is 0.0580. The fourth-order valence-electron chi connectivity index (χ4n) is 4.68. The third-order valence-electron chi connectivity index (χ3n) is 6.45. The van der Waals surface area contributed by atoms with Gasteiger partial charge >= 0.3 is 0 Å². The second-order valence-corrected chi connectivity index (χ2v) is 12.0. The van der Waals surface area contributed by atoms with Gasteiger partial charge in [-0.05, 0) is 68.0 Å². The van der Waals surface area contributed by atoms with Crippen LogP contribution in [-0.4, -0.2) is 32.2 Å². The molecular formula is C23H27N3O2S3. The van der Waals surface area contributed by atoms with Crippen molar-refractivity contribution in [3.8, 4) is 0 Å². The molecule has 0 aromatic carbocycles. The summed E-state index contributed by atoms with van der Waals surface area (Å²) in [4.78, 5) is 37.0. The zero-order valence-electron chi connectivity index (χ0n) is 18.1. The number of hydrogen-bond donors (Lipinski definition) is 0. The Labute approximate surface area is 194 Å². The monoisotopic (exact) mass is 473 g/mol. The molecular weight excluding hydrogens is 446 g/mol. The van der Waals surface area contributed by atoms with Crippen molar-refractivity contribution in [1.29, 1.82) is 0 Å². The second-order valence-electron chi connectivity index (χ2n) is 8.61. The van der Waals surface area contributed by atoms with Crippen LogP contribution in [0.3, 0.4) is 0 Å². The second kappa shape index (κ2) is 8.37. The van der Waals surface area contributed by atoms with E-state index >= 15 is 0 Å². The van der Waals surface area contributed by atoms with Gasteiger partial charge < -0.3 is 4.90 Å². The SMILES string of the molecule is CCn1c(SC(C)C(=O)N2CCc3sccc3C2)nc2sc3c(c2c1=O)CCC(C)C3. The van der Waals surface area contributed by atoms with Gasteiger partial charge in [-0.25, -0.2) is 4.98 Å². The molecule has 5 rings (SSSR count). The van der Waals surface area contributed by atoms with Gasteiger partial charge in [-0.2, -0.15) is 0 Å². The molecule has 0 fully saturated rings. The van der Waals surface area contributed by atoms with Gasteiger partial charge in [-0.1, -0.05) is 18.7 Å². The summed E-state index contributed by atoms with van der Waals surface area (Å²) in [6.45, 7) is 8.21. The largest absolute Gasteiger partial charge is 0.337 e. The van der Waals surface area contributed by atoms with E-state index in [1.165, 1.54) is 32.6 Å². The summed E-state index contributed by atoms with van der Waals surface area (Å²) in [6, 6.07) is 2.13. The van der Waals surface area contributed by atoms with E-state index in [-0.39, 0.29) is 16.7 Å². The van der Waals surface area contributed by atoms with Gasteiger partial charge in [0, 0.05) is 29.4 Å². The Bertz CT molecular complexity index is 1210. The number of hydrogen-bond acceptors (Lipinski definition) is 6. The van der Waals surface area contributed by atoms with Gasteiger partial charge in [0.25, 0.3) is 5.56 Å². The molecule has 0 saturated carbocycles. The molecule has 3 aromatic rings. The summed E-state index contributed by atoms with van der Waals surface area (Å²) < 4.78 is 1.76. The molecule has 0 radical (unpaired) electrons. The van der Waals surface area contributed by atoms with Gasteiger partial charge in [0.05, 0.1) is 10.6 Å². The zero-order valence-corrected chi connectivity index (χ0v) is 20.6.